The molecule has 4 nitrogen and oxygen atoms in total. The maximum absolute atomic E-state index is 13.1. The number of hydrogen-bond acceptors (Lipinski definition) is 3. The summed E-state index contributed by atoms with van der Waals surface area (Å²) in [6.07, 6.45) is 3.95. The summed E-state index contributed by atoms with van der Waals surface area (Å²) >= 11 is 0. The predicted molar refractivity (Wildman–Crippen MR) is 77.2 cm³/mol. The SMILES string of the molecule is CC1(C)CCCCC1NS(=O)(=O)c1ccc(F)c(N)c1. The molecule has 0 amide bonds. The normalized spacial score (nSPS) is 22.6. The number of nitrogen functional groups attached to an aromatic ring is 1. The van der Waals surface area contributed by atoms with Crippen molar-refractivity contribution in [3.8, 4) is 0 Å². The van der Waals surface area contributed by atoms with Crippen LogP contribution in [0.5, 0.6) is 0 Å². The molecule has 1 atom stereocenters. The van der Waals surface area contributed by atoms with Crippen LogP contribution in [0.2, 0.25) is 0 Å². The highest BCUT2D eigenvalue weighted by Gasteiger charge is 2.35. The Bertz CT molecular complexity index is 599. The van der Waals surface area contributed by atoms with Crippen molar-refractivity contribution in [2.45, 2.75) is 50.5 Å². The third-order valence-electron chi connectivity index (χ3n) is 4.08. The first-order chi connectivity index (χ1) is 9.22. The monoisotopic (exact) mass is 300 g/mol. The van der Waals surface area contributed by atoms with Crippen LogP contribution in [0.1, 0.15) is 39.5 Å². The van der Waals surface area contributed by atoms with Crippen LogP contribution >= 0.6 is 0 Å². The highest BCUT2D eigenvalue weighted by atomic mass is 32.2. The van der Waals surface area contributed by atoms with E-state index in [1.807, 2.05) is 0 Å². The zero-order valence-corrected chi connectivity index (χ0v) is 12.6. The van der Waals surface area contributed by atoms with Crippen LogP contribution in [-0.2, 0) is 10.0 Å². The summed E-state index contributed by atoms with van der Waals surface area (Å²) in [5.41, 5.74) is 5.21. The number of sulfonamides is 1. The van der Waals surface area contributed by atoms with E-state index in [0.29, 0.717) is 0 Å². The zero-order chi connectivity index (χ0) is 15.0. The molecule has 0 spiro atoms. The van der Waals surface area contributed by atoms with Gasteiger partial charge < -0.3 is 5.73 Å². The lowest BCUT2D eigenvalue weighted by Gasteiger charge is -2.38. The highest BCUT2D eigenvalue weighted by molar-refractivity contribution is 7.89. The molecule has 1 aromatic rings. The van der Waals surface area contributed by atoms with Gasteiger partial charge in [-0.05, 0) is 36.5 Å². The van der Waals surface area contributed by atoms with Crippen molar-refractivity contribution in [2.24, 2.45) is 5.41 Å². The standard InChI is InChI=1S/C14H21FN2O2S/c1-14(2)8-4-3-5-13(14)17-20(18,19)10-6-7-11(15)12(16)9-10/h6-7,9,13,17H,3-5,8,16H2,1-2H3. The molecule has 1 aliphatic carbocycles. The predicted octanol–water partition coefficient (Wildman–Crippen LogP) is 2.66. The fourth-order valence-corrected chi connectivity index (χ4v) is 4.13. The first kappa shape index (κ1) is 15.3. The summed E-state index contributed by atoms with van der Waals surface area (Å²) < 4.78 is 40.6. The smallest absolute Gasteiger partial charge is 0.240 e. The summed E-state index contributed by atoms with van der Waals surface area (Å²) in [5, 5.41) is 0. The Morgan fingerprint density at radius 2 is 2.05 bits per heavy atom. The second-order valence-corrected chi connectivity index (χ2v) is 7.81. The van der Waals surface area contributed by atoms with Crippen LogP contribution in [0.4, 0.5) is 10.1 Å². The van der Waals surface area contributed by atoms with Gasteiger partial charge in [0.25, 0.3) is 0 Å². The Kier molecular flexibility index (Phi) is 4.07. The molecule has 0 aliphatic heterocycles. The number of nitrogens with one attached hydrogen (secondary N) is 1. The number of anilines is 1. The van der Waals surface area contributed by atoms with E-state index in [9.17, 15) is 12.8 Å². The van der Waals surface area contributed by atoms with E-state index in [0.717, 1.165) is 37.8 Å². The van der Waals surface area contributed by atoms with E-state index in [4.69, 9.17) is 5.73 Å². The van der Waals surface area contributed by atoms with Crippen LogP contribution < -0.4 is 10.5 Å². The van der Waals surface area contributed by atoms with Crippen LogP contribution in [0, 0.1) is 11.2 Å². The van der Waals surface area contributed by atoms with Crippen LogP contribution in [-0.4, -0.2) is 14.5 Å². The van der Waals surface area contributed by atoms with Gasteiger partial charge in [0.1, 0.15) is 5.82 Å². The Hall–Kier alpha value is -1.14. The second-order valence-electron chi connectivity index (χ2n) is 6.09. The minimum Gasteiger partial charge on any atom is -0.396 e. The Morgan fingerprint density at radius 1 is 1.35 bits per heavy atom. The van der Waals surface area contributed by atoms with Crippen molar-refractivity contribution in [1.82, 2.24) is 4.72 Å². The number of benzene rings is 1. The van der Waals surface area contributed by atoms with Gasteiger partial charge >= 0.3 is 0 Å². The van der Waals surface area contributed by atoms with Crippen molar-refractivity contribution >= 4 is 15.7 Å². The van der Waals surface area contributed by atoms with Gasteiger partial charge in [-0.15, -0.1) is 0 Å². The topological polar surface area (TPSA) is 72.2 Å². The molecule has 6 heteroatoms. The van der Waals surface area contributed by atoms with Crippen molar-refractivity contribution in [3.63, 3.8) is 0 Å². The molecule has 0 bridgehead atoms. The van der Waals surface area contributed by atoms with Crippen LogP contribution in [0.25, 0.3) is 0 Å². The maximum Gasteiger partial charge on any atom is 0.240 e. The van der Waals surface area contributed by atoms with Crippen molar-refractivity contribution in [1.29, 1.82) is 0 Å². The lowest BCUT2D eigenvalue weighted by atomic mass is 9.74. The second kappa shape index (κ2) is 5.33. The molecule has 0 saturated heterocycles. The number of halogens is 1. The molecular weight excluding hydrogens is 279 g/mol. The summed E-state index contributed by atoms with van der Waals surface area (Å²) in [4.78, 5) is 0.0118. The largest absolute Gasteiger partial charge is 0.396 e. The summed E-state index contributed by atoms with van der Waals surface area (Å²) in [7, 11) is -3.67. The van der Waals surface area contributed by atoms with E-state index in [1.54, 1.807) is 0 Å². The fraction of sp³-hybridized carbons (Fsp3) is 0.571. The van der Waals surface area contributed by atoms with E-state index in [-0.39, 0.29) is 22.0 Å². The van der Waals surface area contributed by atoms with Gasteiger partial charge in [0.2, 0.25) is 10.0 Å². The number of nitrogens with two attached hydrogens (primary N) is 1. The molecule has 0 heterocycles. The average Bonchev–Trinajstić information content (AvgIpc) is 2.35. The lowest BCUT2D eigenvalue weighted by molar-refractivity contribution is 0.188. The quantitative estimate of drug-likeness (QED) is 0.843. The van der Waals surface area contributed by atoms with Gasteiger partial charge in [0.05, 0.1) is 10.6 Å². The molecule has 0 radical (unpaired) electrons. The average molecular weight is 300 g/mol. The van der Waals surface area contributed by atoms with Crippen molar-refractivity contribution < 1.29 is 12.8 Å². The highest BCUT2D eigenvalue weighted by Crippen LogP contribution is 2.36. The maximum atomic E-state index is 13.1. The molecular formula is C14H21FN2O2S. The molecule has 3 N–H and O–H groups in total. The van der Waals surface area contributed by atoms with Crippen molar-refractivity contribution in [3.05, 3.63) is 24.0 Å². The molecule has 1 fully saturated rings. The lowest BCUT2D eigenvalue weighted by Crippen LogP contribution is -2.46. The first-order valence-corrected chi connectivity index (χ1v) is 8.28. The molecule has 20 heavy (non-hydrogen) atoms. The van der Waals surface area contributed by atoms with Crippen molar-refractivity contribution in [2.75, 3.05) is 5.73 Å². The Morgan fingerprint density at radius 3 is 2.65 bits per heavy atom. The van der Waals surface area contributed by atoms with Gasteiger partial charge in [-0.25, -0.2) is 17.5 Å². The third-order valence-corrected chi connectivity index (χ3v) is 5.55. The van der Waals surface area contributed by atoms with Gasteiger partial charge in [0.15, 0.2) is 0 Å². The van der Waals surface area contributed by atoms with E-state index in [1.165, 1.54) is 6.07 Å². The molecule has 0 aromatic heterocycles. The summed E-state index contributed by atoms with van der Waals surface area (Å²) in [5.74, 6) is -0.609. The molecule has 1 aromatic carbocycles. The van der Waals surface area contributed by atoms with Gasteiger partial charge in [0, 0.05) is 6.04 Å². The van der Waals surface area contributed by atoms with E-state index >= 15 is 0 Å². The van der Waals surface area contributed by atoms with E-state index < -0.39 is 15.8 Å². The fourth-order valence-electron chi connectivity index (χ4n) is 2.66. The third kappa shape index (κ3) is 3.12. The minimum absolute atomic E-state index is 0.0118. The Balaban J connectivity index is 2.24. The first-order valence-electron chi connectivity index (χ1n) is 6.80. The van der Waals surface area contributed by atoms with Gasteiger partial charge in [-0.3, -0.25) is 0 Å². The number of rotatable bonds is 3. The van der Waals surface area contributed by atoms with Crippen LogP contribution in [0.3, 0.4) is 0 Å². The summed E-state index contributed by atoms with van der Waals surface area (Å²) in [6.45, 7) is 4.14. The van der Waals surface area contributed by atoms with E-state index in [2.05, 4.69) is 18.6 Å². The molecule has 112 valence electrons. The zero-order valence-electron chi connectivity index (χ0n) is 11.8. The molecule has 1 aliphatic rings. The summed E-state index contributed by atoms with van der Waals surface area (Å²) in [6, 6.07) is 3.38. The molecule has 1 unspecified atom stereocenters. The minimum atomic E-state index is -3.67. The van der Waals surface area contributed by atoms with Gasteiger partial charge in [-0.2, -0.15) is 0 Å². The van der Waals surface area contributed by atoms with Crippen LogP contribution in [0.15, 0.2) is 23.1 Å². The van der Waals surface area contributed by atoms with Gasteiger partial charge in [-0.1, -0.05) is 26.7 Å². The molecule has 1 saturated carbocycles. The molecule has 2 rings (SSSR count). The Labute approximate surface area is 119 Å². The number of hydrogen-bond donors (Lipinski definition) is 2.